The number of benzene rings is 1. The maximum absolute atomic E-state index is 8.02. The van der Waals surface area contributed by atoms with Gasteiger partial charge in [0.25, 0.3) is 0 Å². The summed E-state index contributed by atoms with van der Waals surface area (Å²) in [5, 5.41) is 8.02. The summed E-state index contributed by atoms with van der Waals surface area (Å²) in [5.41, 5.74) is 3.43. The molecule has 0 saturated carbocycles. The molecule has 0 unspecified atom stereocenters. The van der Waals surface area contributed by atoms with Crippen molar-refractivity contribution in [2.45, 2.75) is 0 Å². The zero-order valence-electron chi connectivity index (χ0n) is 9.49. The van der Waals surface area contributed by atoms with Crippen LogP contribution in [0.5, 0.6) is 0 Å². The van der Waals surface area contributed by atoms with Crippen LogP contribution in [0.15, 0.2) is 42.6 Å². The Kier molecular flexibility index (Phi) is 2.77. The smallest absolute Gasteiger partial charge is 0.0846 e. The summed E-state index contributed by atoms with van der Waals surface area (Å²) >= 11 is 0. The van der Waals surface area contributed by atoms with Gasteiger partial charge in [-0.3, -0.25) is 5.41 Å². The van der Waals surface area contributed by atoms with E-state index in [1.54, 1.807) is 0 Å². The summed E-state index contributed by atoms with van der Waals surface area (Å²) in [6.45, 7) is 0. The Hall–Kier alpha value is -2.03. The summed E-state index contributed by atoms with van der Waals surface area (Å²) in [4.78, 5) is 5.08. The van der Waals surface area contributed by atoms with Crippen molar-refractivity contribution in [3.63, 3.8) is 0 Å². The maximum atomic E-state index is 8.02. The molecular formula is C13H15N3. The molecule has 0 fully saturated rings. The lowest BCUT2D eigenvalue weighted by atomic mass is 10.1. The molecule has 0 amide bonds. The molecular weight excluding hydrogens is 198 g/mol. The molecule has 0 aliphatic rings. The fourth-order valence-corrected chi connectivity index (χ4v) is 1.57. The van der Waals surface area contributed by atoms with Crippen LogP contribution in [0.4, 0.5) is 5.69 Å². The van der Waals surface area contributed by atoms with Gasteiger partial charge >= 0.3 is 0 Å². The Bertz CT molecular complexity index is 466. The molecule has 3 heteroatoms. The lowest BCUT2D eigenvalue weighted by molar-refractivity contribution is 1.13. The molecule has 0 atom stereocenters. The van der Waals surface area contributed by atoms with E-state index < -0.39 is 0 Å². The highest BCUT2D eigenvalue weighted by atomic mass is 15.1. The summed E-state index contributed by atoms with van der Waals surface area (Å²) in [6.07, 6.45) is 1.83. The Balaban J connectivity index is 2.25. The number of aromatic amines is 1. The van der Waals surface area contributed by atoms with Crippen LogP contribution < -0.4 is 4.90 Å². The minimum absolute atomic E-state index is 0.523. The van der Waals surface area contributed by atoms with Gasteiger partial charge in [-0.2, -0.15) is 0 Å². The van der Waals surface area contributed by atoms with E-state index in [9.17, 15) is 0 Å². The van der Waals surface area contributed by atoms with E-state index in [0.717, 1.165) is 16.9 Å². The van der Waals surface area contributed by atoms with E-state index in [1.807, 2.05) is 61.6 Å². The van der Waals surface area contributed by atoms with E-state index in [0.29, 0.717) is 5.71 Å². The van der Waals surface area contributed by atoms with Crippen molar-refractivity contribution in [2.75, 3.05) is 19.0 Å². The minimum atomic E-state index is 0.523. The molecule has 1 aromatic carbocycles. The van der Waals surface area contributed by atoms with Gasteiger partial charge in [0.15, 0.2) is 0 Å². The van der Waals surface area contributed by atoms with Gasteiger partial charge in [-0.25, -0.2) is 0 Å². The lowest BCUT2D eigenvalue weighted by Gasteiger charge is -2.12. The van der Waals surface area contributed by atoms with Crippen LogP contribution in [0.3, 0.4) is 0 Å². The first-order valence-electron chi connectivity index (χ1n) is 5.18. The first-order chi connectivity index (χ1) is 7.68. The highest BCUT2D eigenvalue weighted by molar-refractivity contribution is 6.09. The van der Waals surface area contributed by atoms with Crippen molar-refractivity contribution >= 4 is 11.4 Å². The Morgan fingerprint density at radius 2 is 1.81 bits per heavy atom. The molecule has 0 bridgehead atoms. The van der Waals surface area contributed by atoms with E-state index >= 15 is 0 Å². The third kappa shape index (κ3) is 1.98. The summed E-state index contributed by atoms with van der Waals surface area (Å²) in [5.74, 6) is 0. The number of rotatable bonds is 3. The average molecular weight is 213 g/mol. The van der Waals surface area contributed by atoms with Gasteiger partial charge < -0.3 is 9.88 Å². The summed E-state index contributed by atoms with van der Waals surface area (Å²) < 4.78 is 0. The van der Waals surface area contributed by atoms with Crippen molar-refractivity contribution < 1.29 is 0 Å². The first-order valence-corrected chi connectivity index (χ1v) is 5.18. The van der Waals surface area contributed by atoms with Crippen LogP contribution in [0, 0.1) is 5.41 Å². The molecule has 0 radical (unpaired) electrons. The van der Waals surface area contributed by atoms with Gasteiger partial charge in [0.05, 0.1) is 11.4 Å². The molecule has 0 spiro atoms. The van der Waals surface area contributed by atoms with Crippen molar-refractivity contribution in [3.05, 3.63) is 53.9 Å². The van der Waals surface area contributed by atoms with Crippen LogP contribution in [0.25, 0.3) is 0 Å². The second-order valence-corrected chi connectivity index (χ2v) is 3.90. The zero-order valence-corrected chi connectivity index (χ0v) is 9.49. The van der Waals surface area contributed by atoms with Crippen molar-refractivity contribution in [3.8, 4) is 0 Å². The molecule has 16 heavy (non-hydrogen) atoms. The third-order valence-corrected chi connectivity index (χ3v) is 2.54. The summed E-state index contributed by atoms with van der Waals surface area (Å²) in [7, 11) is 4.01. The van der Waals surface area contributed by atoms with Gasteiger partial charge in [0.2, 0.25) is 0 Å². The van der Waals surface area contributed by atoms with E-state index in [2.05, 4.69) is 4.98 Å². The number of hydrogen-bond acceptors (Lipinski definition) is 2. The predicted octanol–water partition coefficient (Wildman–Crippen LogP) is 2.50. The Morgan fingerprint density at radius 3 is 2.31 bits per heavy atom. The van der Waals surface area contributed by atoms with Crippen molar-refractivity contribution in [2.24, 2.45) is 0 Å². The monoisotopic (exact) mass is 213 g/mol. The second-order valence-electron chi connectivity index (χ2n) is 3.90. The standard InChI is InChI=1S/C13H15N3/c1-16(2)11-7-5-10(6-8-11)13(14)12-4-3-9-15-12/h3-9,14-15H,1-2H3. The van der Waals surface area contributed by atoms with Gasteiger partial charge in [-0.05, 0) is 24.3 Å². The van der Waals surface area contributed by atoms with Crippen LogP contribution in [-0.2, 0) is 0 Å². The predicted molar refractivity (Wildman–Crippen MR) is 67.5 cm³/mol. The number of H-pyrrole nitrogens is 1. The fraction of sp³-hybridized carbons (Fsp3) is 0.154. The number of nitrogens with one attached hydrogen (secondary N) is 2. The third-order valence-electron chi connectivity index (χ3n) is 2.54. The molecule has 3 nitrogen and oxygen atoms in total. The van der Waals surface area contributed by atoms with E-state index in [-0.39, 0.29) is 0 Å². The van der Waals surface area contributed by atoms with Crippen LogP contribution >= 0.6 is 0 Å². The molecule has 0 aliphatic heterocycles. The number of hydrogen-bond donors (Lipinski definition) is 2. The SMILES string of the molecule is CN(C)c1ccc(C(=N)c2ccc[nH]2)cc1. The van der Waals surface area contributed by atoms with Crippen molar-refractivity contribution in [1.82, 2.24) is 4.98 Å². The topological polar surface area (TPSA) is 42.9 Å². The summed E-state index contributed by atoms with van der Waals surface area (Å²) in [6, 6.07) is 11.8. The number of anilines is 1. The highest BCUT2D eigenvalue weighted by Gasteiger charge is 2.05. The molecule has 2 N–H and O–H groups in total. The van der Waals surface area contributed by atoms with Crippen LogP contribution in [0.1, 0.15) is 11.3 Å². The van der Waals surface area contributed by atoms with Crippen molar-refractivity contribution in [1.29, 1.82) is 5.41 Å². The Labute approximate surface area is 95.2 Å². The number of aromatic nitrogens is 1. The molecule has 2 aromatic rings. The molecule has 1 aromatic heterocycles. The fourth-order valence-electron chi connectivity index (χ4n) is 1.57. The lowest BCUT2D eigenvalue weighted by Crippen LogP contribution is -2.09. The molecule has 2 rings (SSSR count). The van der Waals surface area contributed by atoms with Crippen LogP contribution in [0.2, 0.25) is 0 Å². The zero-order chi connectivity index (χ0) is 11.5. The second kappa shape index (κ2) is 4.23. The van der Waals surface area contributed by atoms with Crippen LogP contribution in [-0.4, -0.2) is 24.8 Å². The molecule has 0 saturated heterocycles. The molecule has 1 heterocycles. The quantitative estimate of drug-likeness (QED) is 0.756. The first kappa shape index (κ1) is 10.5. The molecule has 82 valence electrons. The van der Waals surface area contributed by atoms with E-state index in [4.69, 9.17) is 5.41 Å². The van der Waals surface area contributed by atoms with Gasteiger partial charge in [0, 0.05) is 31.5 Å². The highest BCUT2D eigenvalue weighted by Crippen LogP contribution is 2.14. The average Bonchev–Trinajstić information content (AvgIpc) is 2.81. The normalized spacial score (nSPS) is 10.1. The van der Waals surface area contributed by atoms with Gasteiger partial charge in [-0.15, -0.1) is 0 Å². The molecule has 0 aliphatic carbocycles. The van der Waals surface area contributed by atoms with Gasteiger partial charge in [-0.1, -0.05) is 12.1 Å². The van der Waals surface area contributed by atoms with Gasteiger partial charge in [0.1, 0.15) is 0 Å². The number of nitrogens with zero attached hydrogens (tertiary/aromatic N) is 1. The van der Waals surface area contributed by atoms with E-state index in [1.165, 1.54) is 0 Å². The Morgan fingerprint density at radius 1 is 1.12 bits per heavy atom. The largest absolute Gasteiger partial charge is 0.378 e. The maximum Gasteiger partial charge on any atom is 0.0846 e. The minimum Gasteiger partial charge on any atom is -0.378 e.